The summed E-state index contributed by atoms with van der Waals surface area (Å²) < 4.78 is 10.6. The molecule has 7 N–H and O–H groups in total. The van der Waals surface area contributed by atoms with E-state index in [2.05, 4.69) is 5.32 Å². The van der Waals surface area contributed by atoms with Gasteiger partial charge in [-0.25, -0.2) is 0 Å². The number of phenols is 1. The maximum atomic E-state index is 13.8. The Morgan fingerprint density at radius 1 is 1.07 bits per heavy atom. The maximum Gasteiger partial charge on any atom is 0.255 e. The lowest BCUT2D eigenvalue weighted by Crippen LogP contribution is -2.58. The number of nitrogens with one attached hydrogen (secondary N) is 1. The van der Waals surface area contributed by atoms with Crippen LogP contribution in [0, 0.1) is 11.8 Å². The highest BCUT2D eigenvalue weighted by atomic mass is 16.7. The highest BCUT2D eigenvalue weighted by Crippen LogP contribution is 2.54. The Morgan fingerprint density at radius 2 is 1.79 bits per heavy atom. The number of ketones is 2. The molecule has 42 heavy (non-hydrogen) atoms. The molecule has 1 heterocycles. The van der Waals surface area contributed by atoms with Crippen LogP contribution in [0.2, 0.25) is 0 Å². The number of nitrogens with zero attached hydrogens (tertiary/aromatic N) is 1. The Hall–Kier alpha value is -5.04. The number of nitrogens with two attached hydrogens (primary N) is 1. The fourth-order valence-corrected chi connectivity index (χ4v) is 6.40. The van der Waals surface area contributed by atoms with E-state index in [0.29, 0.717) is 22.7 Å². The molecule has 0 unspecified atom stereocenters. The van der Waals surface area contributed by atoms with E-state index in [-0.39, 0.29) is 42.0 Å². The number of aliphatic hydroxyl groups is 3. The Labute approximate surface area is 238 Å². The van der Waals surface area contributed by atoms with Gasteiger partial charge in [-0.1, -0.05) is 0 Å². The average molecular weight is 578 g/mol. The minimum absolute atomic E-state index is 0.0130. The number of phenolic OH excluding ortho intramolecular Hbond substituents is 1. The third-order valence-electron chi connectivity index (χ3n) is 8.40. The summed E-state index contributed by atoms with van der Waals surface area (Å²) in [5.74, 6) is -6.98. The lowest BCUT2D eigenvalue weighted by Gasteiger charge is -2.46. The second kappa shape index (κ2) is 9.24. The van der Waals surface area contributed by atoms with Crippen LogP contribution in [0.1, 0.15) is 34.3 Å². The molecule has 0 bridgehead atoms. The van der Waals surface area contributed by atoms with Crippen LogP contribution >= 0.6 is 0 Å². The molecule has 13 heteroatoms. The Morgan fingerprint density at radius 3 is 2.48 bits per heavy atom. The molecule has 1 saturated carbocycles. The molecule has 3 atom stereocenters. The number of anilines is 2. The highest BCUT2D eigenvalue weighted by Gasteiger charge is 2.60. The molecule has 3 aliphatic carbocycles. The number of aromatic hydroxyl groups is 1. The summed E-state index contributed by atoms with van der Waals surface area (Å²) in [6.07, 6.45) is -0.260. The standard InChI is InChI=1S/C29H27N3O10/c1-32(2)16-9-15(31-28(39)11-3-4-18-19(7-11)42-10-41-18)23(34)21-14(16)6-12-5-13-8-17(33)22(27(30)38)26(37)29(13,40)25(36)20(12)24(21)35/h3-4,7,9,12-13,34-35,37,40H,5-6,8,10H2,1-2H3,(H2,30,38)(H,31,39)/t12-,13+,29+/m1/s1. The number of aliphatic hydroxyl groups excluding tert-OH is 2. The number of hydrogen-bond acceptors (Lipinski definition) is 11. The number of rotatable bonds is 4. The van der Waals surface area contributed by atoms with Gasteiger partial charge in [0.05, 0.1) is 11.3 Å². The zero-order chi connectivity index (χ0) is 30.2. The third-order valence-corrected chi connectivity index (χ3v) is 8.40. The topological polar surface area (TPSA) is 209 Å². The minimum atomic E-state index is -2.67. The van der Waals surface area contributed by atoms with Crippen molar-refractivity contribution in [2.75, 3.05) is 31.1 Å². The second-order valence-corrected chi connectivity index (χ2v) is 11.0. The predicted molar refractivity (Wildman–Crippen MR) is 146 cm³/mol. The molecule has 218 valence electrons. The number of carbonyl (C=O) groups is 4. The van der Waals surface area contributed by atoms with Gasteiger partial charge in [0, 0.05) is 43.3 Å². The Bertz CT molecular complexity index is 1690. The summed E-state index contributed by atoms with van der Waals surface area (Å²) >= 11 is 0. The smallest absolute Gasteiger partial charge is 0.255 e. The summed E-state index contributed by atoms with van der Waals surface area (Å²) in [6, 6.07) is 6.11. The number of ether oxygens (including phenoxy) is 2. The van der Waals surface area contributed by atoms with E-state index >= 15 is 0 Å². The lowest BCUT2D eigenvalue weighted by atomic mass is 9.59. The number of hydrogen-bond donors (Lipinski definition) is 6. The first-order valence-electron chi connectivity index (χ1n) is 13.1. The fraction of sp³-hybridized carbons (Fsp3) is 0.310. The molecule has 2 aromatic carbocycles. The largest absolute Gasteiger partial charge is 0.508 e. The van der Waals surface area contributed by atoms with Crippen LogP contribution in [0.25, 0.3) is 5.76 Å². The molecule has 4 aliphatic rings. The van der Waals surface area contributed by atoms with Gasteiger partial charge >= 0.3 is 0 Å². The van der Waals surface area contributed by atoms with Crippen molar-refractivity contribution in [3.05, 3.63) is 57.9 Å². The summed E-state index contributed by atoms with van der Waals surface area (Å²) in [4.78, 5) is 53.0. The van der Waals surface area contributed by atoms with Gasteiger partial charge in [0.25, 0.3) is 11.8 Å². The van der Waals surface area contributed by atoms with Gasteiger partial charge in [0.2, 0.25) is 12.6 Å². The van der Waals surface area contributed by atoms with Crippen LogP contribution in [0.15, 0.2) is 41.2 Å². The van der Waals surface area contributed by atoms with Crippen molar-refractivity contribution in [3.63, 3.8) is 0 Å². The summed E-state index contributed by atoms with van der Waals surface area (Å²) in [6.45, 7) is 0.0233. The number of Topliss-reactive ketones (excluding diaryl/α,β-unsaturated/α-hetero) is 2. The van der Waals surface area contributed by atoms with E-state index < -0.39 is 70.1 Å². The fourth-order valence-electron chi connectivity index (χ4n) is 6.40. The molecular weight excluding hydrogens is 550 g/mol. The van der Waals surface area contributed by atoms with Crippen LogP contribution in [0.3, 0.4) is 0 Å². The highest BCUT2D eigenvalue weighted by molar-refractivity contribution is 6.23. The number of amides is 2. The number of carbonyl (C=O) groups excluding carboxylic acids is 4. The molecule has 0 aromatic heterocycles. The summed E-state index contributed by atoms with van der Waals surface area (Å²) in [7, 11) is 3.45. The van der Waals surface area contributed by atoms with Gasteiger partial charge in [0.1, 0.15) is 22.8 Å². The molecule has 1 aliphatic heterocycles. The second-order valence-electron chi connectivity index (χ2n) is 11.0. The molecular formula is C29H27N3O10. The van der Waals surface area contributed by atoms with E-state index in [1.165, 1.54) is 18.2 Å². The number of benzene rings is 2. The van der Waals surface area contributed by atoms with Gasteiger partial charge in [-0.15, -0.1) is 0 Å². The molecule has 0 spiro atoms. The van der Waals surface area contributed by atoms with E-state index in [1.54, 1.807) is 25.1 Å². The van der Waals surface area contributed by atoms with Crippen LogP contribution in [0.5, 0.6) is 17.2 Å². The van der Waals surface area contributed by atoms with Gasteiger partial charge in [-0.2, -0.15) is 0 Å². The zero-order valence-electron chi connectivity index (χ0n) is 22.6. The molecule has 2 aromatic rings. The first kappa shape index (κ1) is 27.1. The van der Waals surface area contributed by atoms with E-state index in [1.807, 2.05) is 0 Å². The minimum Gasteiger partial charge on any atom is -0.508 e. The molecule has 13 nitrogen and oxygen atoms in total. The van der Waals surface area contributed by atoms with Crippen LogP contribution in [-0.4, -0.2) is 70.3 Å². The normalized spacial score (nSPS) is 24.2. The van der Waals surface area contributed by atoms with E-state index in [0.717, 1.165) is 0 Å². The third kappa shape index (κ3) is 3.73. The zero-order valence-corrected chi connectivity index (χ0v) is 22.6. The predicted octanol–water partition coefficient (Wildman–Crippen LogP) is 1.47. The molecule has 0 saturated heterocycles. The molecule has 6 rings (SSSR count). The summed E-state index contributed by atoms with van der Waals surface area (Å²) in [5, 5.41) is 47.6. The average Bonchev–Trinajstić information content (AvgIpc) is 3.40. The van der Waals surface area contributed by atoms with Crippen molar-refractivity contribution in [2.45, 2.75) is 24.9 Å². The SMILES string of the molecule is CN(C)c1cc(NC(=O)c2ccc3c(c2)OCO3)c(O)c2c1C[C@H]1C[C@H]3CC(=O)C(C(N)=O)=C(O)[C@@]3(O)C(=O)C1=C2O. The first-order chi connectivity index (χ1) is 19.8. The Kier molecular flexibility index (Phi) is 5.97. The van der Waals surface area contributed by atoms with Crippen molar-refractivity contribution in [3.8, 4) is 17.2 Å². The van der Waals surface area contributed by atoms with Crippen molar-refractivity contribution in [2.24, 2.45) is 17.6 Å². The summed E-state index contributed by atoms with van der Waals surface area (Å²) in [5.41, 5.74) is 2.46. The van der Waals surface area contributed by atoms with Crippen LogP contribution in [-0.2, 0) is 20.8 Å². The van der Waals surface area contributed by atoms with Crippen LogP contribution < -0.4 is 25.4 Å². The Balaban J connectivity index is 1.45. The van der Waals surface area contributed by atoms with Gasteiger partial charge in [-0.3, -0.25) is 19.2 Å². The first-order valence-corrected chi connectivity index (χ1v) is 13.1. The van der Waals surface area contributed by atoms with E-state index in [9.17, 15) is 39.6 Å². The van der Waals surface area contributed by atoms with Crippen molar-refractivity contribution in [1.82, 2.24) is 0 Å². The van der Waals surface area contributed by atoms with Crippen molar-refractivity contribution >= 4 is 40.5 Å². The van der Waals surface area contributed by atoms with Gasteiger partial charge in [0.15, 0.2) is 22.9 Å². The van der Waals surface area contributed by atoms with Gasteiger partial charge in [-0.05, 0) is 48.6 Å². The maximum absolute atomic E-state index is 13.8. The van der Waals surface area contributed by atoms with E-state index in [4.69, 9.17) is 15.2 Å². The van der Waals surface area contributed by atoms with Crippen molar-refractivity contribution in [1.29, 1.82) is 0 Å². The number of fused-ring (bicyclic) bond motifs is 4. The van der Waals surface area contributed by atoms with Crippen molar-refractivity contribution < 1.29 is 49.1 Å². The molecule has 0 radical (unpaired) electrons. The quantitative estimate of drug-likeness (QED) is 0.226. The molecule has 1 fully saturated rings. The van der Waals surface area contributed by atoms with Crippen LogP contribution in [0.4, 0.5) is 11.4 Å². The molecule has 2 amide bonds. The van der Waals surface area contributed by atoms with Gasteiger partial charge < -0.3 is 45.9 Å². The lowest BCUT2D eigenvalue weighted by molar-refractivity contribution is -0.147. The monoisotopic (exact) mass is 577 g/mol. The number of primary amides is 1.